The highest BCUT2D eigenvalue weighted by atomic mass is 19.4. The smallest absolute Gasteiger partial charge is 0.416 e. The Kier molecular flexibility index (Phi) is 6.39. The zero-order valence-corrected chi connectivity index (χ0v) is 12.4. The Morgan fingerprint density at radius 3 is 2.55 bits per heavy atom. The van der Waals surface area contributed by atoms with Gasteiger partial charge in [0.05, 0.1) is 24.5 Å². The predicted molar refractivity (Wildman–Crippen MR) is 74.0 cm³/mol. The first-order chi connectivity index (χ1) is 10.2. The van der Waals surface area contributed by atoms with Crippen LogP contribution in [-0.2, 0) is 26.9 Å². The van der Waals surface area contributed by atoms with E-state index >= 15 is 0 Å². The number of carbonyl (C=O) groups excluding carboxylic acids is 2. The van der Waals surface area contributed by atoms with Crippen LogP contribution >= 0.6 is 0 Å². The Hall–Kier alpha value is -2.05. The Bertz CT molecular complexity index is 527. The Balaban J connectivity index is 2.44. The van der Waals surface area contributed by atoms with Gasteiger partial charge in [-0.2, -0.15) is 13.2 Å². The van der Waals surface area contributed by atoms with Crippen molar-refractivity contribution in [1.29, 1.82) is 0 Å². The molecule has 0 fully saturated rings. The molecule has 1 aromatic rings. The van der Waals surface area contributed by atoms with Gasteiger partial charge in [-0.1, -0.05) is 18.2 Å². The van der Waals surface area contributed by atoms with Gasteiger partial charge >= 0.3 is 12.1 Å². The van der Waals surface area contributed by atoms with Crippen molar-refractivity contribution in [3.63, 3.8) is 0 Å². The van der Waals surface area contributed by atoms with Gasteiger partial charge in [0.15, 0.2) is 0 Å². The summed E-state index contributed by atoms with van der Waals surface area (Å²) in [4.78, 5) is 22.9. The highest BCUT2D eigenvalue weighted by Gasteiger charge is 2.30. The summed E-state index contributed by atoms with van der Waals surface area (Å²) in [6, 6.07) is 4.59. The molecule has 1 rings (SSSR count). The normalized spacial score (nSPS) is 11.4. The van der Waals surface area contributed by atoms with Crippen molar-refractivity contribution >= 4 is 11.9 Å². The third-order valence-electron chi connectivity index (χ3n) is 2.64. The van der Waals surface area contributed by atoms with Crippen LogP contribution in [-0.4, -0.2) is 24.5 Å². The second kappa shape index (κ2) is 7.82. The molecule has 0 heterocycles. The summed E-state index contributed by atoms with van der Waals surface area (Å²) < 4.78 is 42.5. The summed E-state index contributed by atoms with van der Waals surface area (Å²) in [6.45, 7) is 3.51. The number of hydrogen-bond acceptors (Lipinski definition) is 3. The van der Waals surface area contributed by atoms with Crippen molar-refractivity contribution in [3.05, 3.63) is 35.4 Å². The molecule has 0 radical (unpaired) electrons. The molecule has 0 bridgehead atoms. The molecule has 1 N–H and O–H groups in total. The summed E-state index contributed by atoms with van der Waals surface area (Å²) in [6.07, 6.45) is -4.82. The van der Waals surface area contributed by atoms with E-state index < -0.39 is 23.6 Å². The molecule has 0 aromatic heterocycles. The van der Waals surface area contributed by atoms with Gasteiger partial charge in [0, 0.05) is 6.54 Å². The van der Waals surface area contributed by atoms with Gasteiger partial charge in [-0.3, -0.25) is 9.59 Å². The number of alkyl halides is 3. The number of nitrogens with one attached hydrogen (secondary N) is 1. The first-order valence-electron chi connectivity index (χ1n) is 6.81. The van der Waals surface area contributed by atoms with Crippen LogP contribution in [0.15, 0.2) is 24.3 Å². The predicted octanol–water partition coefficient (Wildman–Crippen LogP) is 2.71. The Morgan fingerprint density at radius 1 is 1.27 bits per heavy atom. The minimum absolute atomic E-state index is 0.0203. The number of rotatable bonds is 6. The second-order valence-corrected chi connectivity index (χ2v) is 5.01. The molecule has 122 valence electrons. The molecule has 0 aliphatic carbocycles. The Morgan fingerprint density at radius 2 is 1.95 bits per heavy atom. The van der Waals surface area contributed by atoms with Crippen LogP contribution in [0.1, 0.15) is 31.4 Å². The number of carbonyl (C=O) groups is 2. The number of benzene rings is 1. The Labute approximate surface area is 126 Å². The lowest BCUT2D eigenvalue weighted by molar-refractivity contribution is -0.147. The van der Waals surface area contributed by atoms with Crippen molar-refractivity contribution in [2.45, 2.75) is 39.0 Å². The minimum Gasteiger partial charge on any atom is -0.463 e. The fourth-order valence-corrected chi connectivity index (χ4v) is 1.73. The molecule has 0 aliphatic heterocycles. The van der Waals surface area contributed by atoms with Gasteiger partial charge in [-0.05, 0) is 25.5 Å². The summed E-state index contributed by atoms with van der Waals surface area (Å²) >= 11 is 0. The van der Waals surface area contributed by atoms with Crippen molar-refractivity contribution in [2.75, 3.05) is 6.54 Å². The van der Waals surface area contributed by atoms with E-state index in [4.69, 9.17) is 4.74 Å². The van der Waals surface area contributed by atoms with Crippen molar-refractivity contribution in [3.8, 4) is 0 Å². The fourth-order valence-electron chi connectivity index (χ4n) is 1.73. The van der Waals surface area contributed by atoms with E-state index in [-0.39, 0.29) is 31.1 Å². The molecule has 7 heteroatoms. The van der Waals surface area contributed by atoms with E-state index in [0.717, 1.165) is 12.1 Å². The molecule has 0 saturated carbocycles. The lowest BCUT2D eigenvalue weighted by Crippen LogP contribution is -2.28. The summed E-state index contributed by atoms with van der Waals surface area (Å²) in [7, 11) is 0. The standard InChI is InChI=1S/C15H18F3NO3/c1-10(2)22-14(21)6-7-19-13(20)9-11-4-3-5-12(8-11)15(16,17)18/h3-5,8,10H,6-7,9H2,1-2H3,(H,19,20). The van der Waals surface area contributed by atoms with Gasteiger partial charge < -0.3 is 10.1 Å². The third kappa shape index (κ3) is 6.60. The van der Waals surface area contributed by atoms with E-state index in [2.05, 4.69) is 5.32 Å². The van der Waals surface area contributed by atoms with Gasteiger partial charge in [0.1, 0.15) is 0 Å². The monoisotopic (exact) mass is 317 g/mol. The molecule has 0 saturated heterocycles. The molecule has 1 amide bonds. The molecule has 0 unspecified atom stereocenters. The van der Waals surface area contributed by atoms with Crippen molar-refractivity contribution < 1.29 is 27.5 Å². The zero-order valence-electron chi connectivity index (χ0n) is 12.4. The number of esters is 1. The molecular formula is C15H18F3NO3. The number of amides is 1. The van der Waals surface area contributed by atoms with E-state index in [1.807, 2.05) is 0 Å². The maximum Gasteiger partial charge on any atom is 0.416 e. The van der Waals surface area contributed by atoms with Crippen LogP contribution < -0.4 is 5.32 Å². The number of hydrogen-bond donors (Lipinski definition) is 1. The first-order valence-corrected chi connectivity index (χ1v) is 6.81. The highest BCUT2D eigenvalue weighted by Crippen LogP contribution is 2.29. The summed E-state index contributed by atoms with van der Waals surface area (Å²) in [5, 5.41) is 2.47. The SMILES string of the molecule is CC(C)OC(=O)CCNC(=O)Cc1cccc(C(F)(F)F)c1. The van der Waals surface area contributed by atoms with Gasteiger partial charge in [-0.25, -0.2) is 0 Å². The molecule has 0 spiro atoms. The lowest BCUT2D eigenvalue weighted by atomic mass is 10.1. The average Bonchev–Trinajstić information content (AvgIpc) is 2.37. The molecule has 1 aromatic carbocycles. The van der Waals surface area contributed by atoms with Crippen LogP contribution in [0, 0.1) is 0 Å². The molecule has 0 atom stereocenters. The maximum absolute atomic E-state index is 12.5. The second-order valence-electron chi connectivity index (χ2n) is 5.01. The summed E-state index contributed by atoms with van der Waals surface area (Å²) in [5.74, 6) is -0.883. The quantitative estimate of drug-likeness (QED) is 0.821. The average molecular weight is 317 g/mol. The van der Waals surface area contributed by atoms with E-state index in [9.17, 15) is 22.8 Å². The van der Waals surface area contributed by atoms with E-state index in [1.165, 1.54) is 12.1 Å². The molecule has 0 aliphatic rings. The number of halogens is 3. The van der Waals surface area contributed by atoms with Gasteiger partial charge in [0.25, 0.3) is 0 Å². The van der Waals surface area contributed by atoms with Crippen LogP contribution in [0.25, 0.3) is 0 Å². The van der Waals surface area contributed by atoms with Crippen molar-refractivity contribution in [2.24, 2.45) is 0 Å². The van der Waals surface area contributed by atoms with Gasteiger partial charge in [0.2, 0.25) is 5.91 Å². The largest absolute Gasteiger partial charge is 0.463 e. The first kappa shape index (κ1) is 18.0. The molecule has 4 nitrogen and oxygen atoms in total. The zero-order chi connectivity index (χ0) is 16.8. The lowest BCUT2D eigenvalue weighted by Gasteiger charge is -2.10. The van der Waals surface area contributed by atoms with Crippen LogP contribution in [0.4, 0.5) is 13.2 Å². The number of ether oxygens (including phenoxy) is 1. The van der Waals surface area contributed by atoms with Crippen LogP contribution in [0.5, 0.6) is 0 Å². The molecular weight excluding hydrogens is 299 g/mol. The summed E-state index contributed by atoms with van der Waals surface area (Å²) in [5.41, 5.74) is -0.532. The van der Waals surface area contributed by atoms with Gasteiger partial charge in [-0.15, -0.1) is 0 Å². The molecule has 22 heavy (non-hydrogen) atoms. The van der Waals surface area contributed by atoms with Crippen molar-refractivity contribution in [1.82, 2.24) is 5.32 Å². The van der Waals surface area contributed by atoms with E-state index in [1.54, 1.807) is 13.8 Å². The van der Waals surface area contributed by atoms with E-state index in [0.29, 0.717) is 0 Å². The van der Waals surface area contributed by atoms with Crippen LogP contribution in [0.3, 0.4) is 0 Å². The van der Waals surface area contributed by atoms with Crippen LogP contribution in [0.2, 0.25) is 0 Å². The third-order valence-corrected chi connectivity index (χ3v) is 2.64. The minimum atomic E-state index is -4.44. The topological polar surface area (TPSA) is 55.4 Å². The fraction of sp³-hybridized carbons (Fsp3) is 0.467. The maximum atomic E-state index is 12.5. The highest BCUT2D eigenvalue weighted by molar-refractivity contribution is 5.79.